The van der Waals surface area contributed by atoms with Gasteiger partial charge < -0.3 is 5.32 Å². The van der Waals surface area contributed by atoms with Crippen molar-refractivity contribution in [2.75, 3.05) is 11.1 Å². The van der Waals surface area contributed by atoms with Gasteiger partial charge in [-0.3, -0.25) is 4.79 Å². The number of alkyl halides is 6. The molecule has 1 aromatic heterocycles. The summed E-state index contributed by atoms with van der Waals surface area (Å²) in [5.41, 5.74) is -2.16. The van der Waals surface area contributed by atoms with Gasteiger partial charge in [-0.05, 0) is 18.2 Å². The lowest BCUT2D eigenvalue weighted by molar-refractivity contribution is -0.143. The van der Waals surface area contributed by atoms with Crippen molar-refractivity contribution in [3.8, 4) is 0 Å². The minimum atomic E-state index is -4.97. The fraction of sp³-hybridized carbons (Fsp3) is 0.250. The second-order valence-corrected chi connectivity index (χ2v) is 6.39. The molecule has 0 fully saturated rings. The number of anilines is 1. The molecular weight excluding hydrogens is 380 g/mol. The zero-order chi connectivity index (χ0) is 18.0. The van der Waals surface area contributed by atoms with Crippen LogP contribution in [-0.2, 0) is 17.1 Å². The highest BCUT2D eigenvalue weighted by molar-refractivity contribution is 8.01. The van der Waals surface area contributed by atoms with Crippen molar-refractivity contribution in [2.24, 2.45) is 0 Å². The number of thioether (sulfide) groups is 1. The van der Waals surface area contributed by atoms with Gasteiger partial charge in [0, 0.05) is 5.69 Å². The van der Waals surface area contributed by atoms with Gasteiger partial charge in [-0.2, -0.15) is 26.3 Å². The molecule has 1 amide bonds. The van der Waals surface area contributed by atoms with Gasteiger partial charge in [0.25, 0.3) is 0 Å². The zero-order valence-corrected chi connectivity index (χ0v) is 13.0. The Morgan fingerprint density at radius 2 is 1.67 bits per heavy atom. The minimum Gasteiger partial charge on any atom is -0.325 e. The molecule has 2 aromatic rings. The highest BCUT2D eigenvalue weighted by Gasteiger charge is 2.37. The van der Waals surface area contributed by atoms with Crippen LogP contribution in [0.1, 0.15) is 11.1 Å². The summed E-state index contributed by atoms with van der Waals surface area (Å²) in [5, 5.41) is 9.20. The van der Waals surface area contributed by atoms with Crippen molar-refractivity contribution in [2.45, 2.75) is 16.7 Å². The molecule has 0 spiro atoms. The quantitative estimate of drug-likeness (QED) is 0.628. The lowest BCUT2D eigenvalue weighted by atomic mass is 10.1. The number of amides is 1. The molecule has 0 saturated carbocycles. The largest absolute Gasteiger partial charge is 0.416 e. The van der Waals surface area contributed by atoms with E-state index in [2.05, 4.69) is 10.2 Å². The first-order valence-corrected chi connectivity index (χ1v) is 7.90. The smallest absolute Gasteiger partial charge is 0.325 e. The monoisotopic (exact) mass is 387 g/mol. The molecule has 24 heavy (non-hydrogen) atoms. The van der Waals surface area contributed by atoms with E-state index in [4.69, 9.17) is 0 Å². The van der Waals surface area contributed by atoms with Crippen LogP contribution in [0.25, 0.3) is 0 Å². The maximum absolute atomic E-state index is 12.7. The van der Waals surface area contributed by atoms with Crippen LogP contribution in [0, 0.1) is 0 Å². The molecule has 0 aliphatic rings. The van der Waals surface area contributed by atoms with Crippen molar-refractivity contribution >= 4 is 34.7 Å². The van der Waals surface area contributed by atoms with Gasteiger partial charge in [0.1, 0.15) is 5.51 Å². The Hall–Kier alpha value is -1.82. The molecule has 1 aromatic carbocycles. The number of rotatable bonds is 4. The van der Waals surface area contributed by atoms with Gasteiger partial charge in [-0.15, -0.1) is 10.2 Å². The predicted octanol–water partition coefficient (Wildman–Crippen LogP) is 4.31. The van der Waals surface area contributed by atoms with Gasteiger partial charge in [-0.25, -0.2) is 0 Å². The van der Waals surface area contributed by atoms with E-state index in [9.17, 15) is 31.1 Å². The van der Waals surface area contributed by atoms with E-state index in [1.54, 1.807) is 0 Å². The number of halogens is 6. The van der Waals surface area contributed by atoms with Crippen molar-refractivity contribution in [3.05, 3.63) is 34.8 Å². The topological polar surface area (TPSA) is 54.9 Å². The molecule has 0 radical (unpaired) electrons. The average Bonchev–Trinajstić information content (AvgIpc) is 2.96. The molecule has 0 saturated heterocycles. The summed E-state index contributed by atoms with van der Waals surface area (Å²) in [6.45, 7) is 0. The third kappa shape index (κ3) is 5.09. The first kappa shape index (κ1) is 18.5. The Morgan fingerprint density at radius 3 is 2.12 bits per heavy atom. The summed E-state index contributed by atoms with van der Waals surface area (Å²) < 4.78 is 76.7. The highest BCUT2D eigenvalue weighted by atomic mass is 32.2. The molecule has 0 atom stereocenters. The van der Waals surface area contributed by atoms with Crippen LogP contribution in [0.3, 0.4) is 0 Å². The van der Waals surface area contributed by atoms with E-state index in [0.717, 1.165) is 23.1 Å². The molecule has 0 aliphatic heterocycles. The van der Waals surface area contributed by atoms with E-state index in [1.165, 1.54) is 5.51 Å². The standard InChI is InChI=1S/C12H7F6N3OS2/c13-11(14,15)6-1-7(12(16,17)18)3-8(2-6)20-9(22)4-23-10-21-19-5-24-10/h1-3,5H,4H2,(H,20,22). The van der Waals surface area contributed by atoms with Gasteiger partial charge in [0.05, 0.1) is 16.9 Å². The summed E-state index contributed by atoms with van der Waals surface area (Å²) in [5.74, 6) is -0.991. The molecule has 0 bridgehead atoms. The number of benzene rings is 1. The first-order chi connectivity index (χ1) is 11.1. The maximum Gasteiger partial charge on any atom is 0.416 e. The van der Waals surface area contributed by atoms with Gasteiger partial charge >= 0.3 is 12.4 Å². The van der Waals surface area contributed by atoms with E-state index in [-0.39, 0.29) is 11.8 Å². The van der Waals surface area contributed by atoms with Crippen molar-refractivity contribution in [1.29, 1.82) is 0 Å². The SMILES string of the molecule is O=C(CSc1nncs1)Nc1cc(C(F)(F)F)cc(C(F)(F)F)c1. The molecule has 0 aliphatic carbocycles. The van der Waals surface area contributed by atoms with E-state index < -0.39 is 35.1 Å². The molecular formula is C12H7F6N3OS2. The molecule has 130 valence electrons. The van der Waals surface area contributed by atoms with Crippen molar-refractivity contribution < 1.29 is 31.1 Å². The van der Waals surface area contributed by atoms with Crippen LogP contribution in [0.4, 0.5) is 32.0 Å². The van der Waals surface area contributed by atoms with Crippen LogP contribution >= 0.6 is 23.1 Å². The summed E-state index contributed by atoms with van der Waals surface area (Å²) in [7, 11) is 0. The fourth-order valence-electron chi connectivity index (χ4n) is 1.58. The number of nitrogens with zero attached hydrogens (tertiary/aromatic N) is 2. The first-order valence-electron chi connectivity index (χ1n) is 6.04. The summed E-state index contributed by atoms with van der Waals surface area (Å²) in [6.07, 6.45) is -9.94. The Balaban J connectivity index is 2.17. The Bertz CT molecular complexity index is 682. The number of nitrogens with one attached hydrogen (secondary N) is 1. The second kappa shape index (κ2) is 6.97. The number of carbonyl (C=O) groups is 1. The van der Waals surface area contributed by atoms with Gasteiger partial charge in [0.15, 0.2) is 4.34 Å². The summed E-state index contributed by atoms with van der Waals surface area (Å²) in [6, 6.07) is 0.886. The van der Waals surface area contributed by atoms with Crippen LogP contribution in [0.2, 0.25) is 0 Å². The number of carbonyl (C=O) groups excluding carboxylic acids is 1. The van der Waals surface area contributed by atoms with E-state index >= 15 is 0 Å². The van der Waals surface area contributed by atoms with Crippen LogP contribution < -0.4 is 5.32 Å². The fourth-order valence-corrected chi connectivity index (χ4v) is 2.87. The second-order valence-electron chi connectivity index (χ2n) is 4.34. The van der Waals surface area contributed by atoms with Crippen LogP contribution in [-0.4, -0.2) is 21.9 Å². The van der Waals surface area contributed by atoms with Crippen molar-refractivity contribution in [3.63, 3.8) is 0 Å². The Morgan fingerprint density at radius 1 is 1.08 bits per heavy atom. The van der Waals surface area contributed by atoms with E-state index in [1.807, 2.05) is 5.32 Å². The van der Waals surface area contributed by atoms with Crippen LogP contribution in [0.5, 0.6) is 0 Å². The third-order valence-corrected chi connectivity index (χ3v) is 4.40. The molecule has 1 heterocycles. The van der Waals surface area contributed by atoms with Crippen LogP contribution in [0.15, 0.2) is 28.0 Å². The van der Waals surface area contributed by atoms with E-state index in [0.29, 0.717) is 16.5 Å². The highest BCUT2D eigenvalue weighted by Crippen LogP contribution is 2.37. The predicted molar refractivity (Wildman–Crippen MR) is 75.7 cm³/mol. The Labute approximate surface area is 139 Å². The normalized spacial score (nSPS) is 12.2. The van der Waals surface area contributed by atoms with Gasteiger partial charge in [-0.1, -0.05) is 23.1 Å². The zero-order valence-electron chi connectivity index (χ0n) is 11.4. The number of hydrogen-bond donors (Lipinski definition) is 1. The summed E-state index contributed by atoms with van der Waals surface area (Å²) in [4.78, 5) is 11.7. The number of hydrogen-bond acceptors (Lipinski definition) is 5. The molecule has 0 unspecified atom stereocenters. The molecule has 1 N–H and O–H groups in total. The van der Waals surface area contributed by atoms with Gasteiger partial charge in [0.2, 0.25) is 5.91 Å². The molecule has 2 rings (SSSR count). The number of aromatic nitrogens is 2. The van der Waals surface area contributed by atoms with Crippen molar-refractivity contribution in [1.82, 2.24) is 10.2 Å². The Kier molecular flexibility index (Phi) is 5.38. The summed E-state index contributed by atoms with van der Waals surface area (Å²) >= 11 is 2.11. The minimum absolute atomic E-state index is 0.00829. The molecule has 12 heteroatoms. The molecule has 4 nitrogen and oxygen atoms in total. The lowest BCUT2D eigenvalue weighted by Crippen LogP contribution is -2.17. The third-order valence-electron chi connectivity index (χ3n) is 2.54. The maximum atomic E-state index is 12.7. The average molecular weight is 387 g/mol. The lowest BCUT2D eigenvalue weighted by Gasteiger charge is -2.14.